The summed E-state index contributed by atoms with van der Waals surface area (Å²) in [6, 6.07) is 7.49. The first-order valence-electron chi connectivity index (χ1n) is 5.71. The topological polar surface area (TPSA) is 20.2 Å². The Bertz CT molecular complexity index is 399. The third-order valence-electron chi connectivity index (χ3n) is 2.98. The smallest absolute Gasteiger partial charge is 0.0677 e. The van der Waals surface area contributed by atoms with Gasteiger partial charge in [-0.15, -0.1) is 0 Å². The lowest BCUT2D eigenvalue weighted by Gasteiger charge is -2.22. The summed E-state index contributed by atoms with van der Waals surface area (Å²) in [5.41, 5.74) is 0.960. The fourth-order valence-corrected chi connectivity index (χ4v) is 2.11. The van der Waals surface area contributed by atoms with Gasteiger partial charge in [0.1, 0.15) is 0 Å². The van der Waals surface area contributed by atoms with Gasteiger partial charge in [-0.2, -0.15) is 0 Å². The molecule has 16 heavy (non-hydrogen) atoms. The van der Waals surface area contributed by atoms with Gasteiger partial charge in [0, 0.05) is 16.5 Å². The number of benzene rings is 1. The van der Waals surface area contributed by atoms with Crippen molar-refractivity contribution in [3.63, 3.8) is 0 Å². The van der Waals surface area contributed by atoms with E-state index in [-0.39, 0.29) is 12.0 Å². The van der Waals surface area contributed by atoms with E-state index in [4.69, 9.17) is 11.6 Å². The molecule has 0 bridgehead atoms. The number of rotatable bonds is 0. The highest BCUT2D eigenvalue weighted by atomic mass is 35.5. The molecular weight excluding hydrogens is 220 g/mol. The Morgan fingerprint density at radius 3 is 2.50 bits per heavy atom. The number of halogens is 1. The van der Waals surface area contributed by atoms with Crippen LogP contribution in [0.3, 0.4) is 0 Å². The molecule has 0 aliphatic heterocycles. The first kappa shape index (κ1) is 11.5. The molecule has 1 aliphatic rings. The molecule has 1 nitrogen and oxygen atoms in total. The highest BCUT2D eigenvalue weighted by Gasteiger charge is 2.20. The van der Waals surface area contributed by atoms with Crippen molar-refractivity contribution < 1.29 is 5.11 Å². The molecular formula is C14H15ClO. The second kappa shape index (κ2) is 5.39. The third-order valence-corrected chi connectivity index (χ3v) is 3.23. The van der Waals surface area contributed by atoms with Crippen LogP contribution in [0.15, 0.2) is 24.3 Å². The zero-order valence-corrected chi connectivity index (χ0v) is 9.87. The van der Waals surface area contributed by atoms with Gasteiger partial charge < -0.3 is 5.11 Å². The molecule has 1 aliphatic carbocycles. The second-order valence-corrected chi connectivity index (χ2v) is 4.67. The molecule has 1 fully saturated rings. The van der Waals surface area contributed by atoms with Crippen LogP contribution in [-0.2, 0) is 0 Å². The Morgan fingerprint density at radius 2 is 1.81 bits per heavy atom. The fraction of sp³-hybridized carbons (Fsp3) is 0.429. The van der Waals surface area contributed by atoms with E-state index in [9.17, 15) is 5.11 Å². The summed E-state index contributed by atoms with van der Waals surface area (Å²) >= 11 is 5.80. The summed E-state index contributed by atoms with van der Waals surface area (Å²) in [6.45, 7) is 0. The lowest BCUT2D eigenvalue weighted by atomic mass is 9.87. The van der Waals surface area contributed by atoms with E-state index in [1.165, 1.54) is 6.42 Å². The molecule has 0 amide bonds. The van der Waals surface area contributed by atoms with Crippen molar-refractivity contribution in [3.8, 4) is 11.8 Å². The van der Waals surface area contributed by atoms with E-state index in [0.717, 1.165) is 29.8 Å². The Kier molecular flexibility index (Phi) is 3.88. The van der Waals surface area contributed by atoms with E-state index >= 15 is 0 Å². The van der Waals surface area contributed by atoms with Crippen LogP contribution in [-0.4, -0.2) is 11.2 Å². The molecule has 0 spiro atoms. The molecule has 0 aromatic heterocycles. The maximum atomic E-state index is 9.77. The van der Waals surface area contributed by atoms with Gasteiger partial charge in [-0.25, -0.2) is 0 Å². The quantitative estimate of drug-likeness (QED) is 0.684. The minimum Gasteiger partial charge on any atom is -0.392 e. The van der Waals surface area contributed by atoms with Crippen LogP contribution in [0.4, 0.5) is 0 Å². The van der Waals surface area contributed by atoms with Crippen molar-refractivity contribution in [2.24, 2.45) is 5.92 Å². The average Bonchev–Trinajstić information content (AvgIpc) is 2.30. The van der Waals surface area contributed by atoms with Crippen LogP contribution in [0.5, 0.6) is 0 Å². The zero-order valence-electron chi connectivity index (χ0n) is 9.12. The second-order valence-electron chi connectivity index (χ2n) is 4.23. The minimum absolute atomic E-state index is 0.143. The molecule has 1 N–H and O–H groups in total. The number of hydrogen-bond donors (Lipinski definition) is 1. The third kappa shape index (κ3) is 3.01. The molecule has 2 rings (SSSR count). The number of aliphatic hydroxyl groups excluding tert-OH is 1. The van der Waals surface area contributed by atoms with E-state index in [0.29, 0.717) is 0 Å². The zero-order chi connectivity index (χ0) is 11.4. The molecule has 0 unspecified atom stereocenters. The summed E-state index contributed by atoms with van der Waals surface area (Å²) in [7, 11) is 0. The monoisotopic (exact) mass is 234 g/mol. The molecule has 0 radical (unpaired) electrons. The first-order chi connectivity index (χ1) is 7.75. The van der Waals surface area contributed by atoms with E-state index in [1.807, 2.05) is 24.3 Å². The fourth-order valence-electron chi connectivity index (χ4n) is 1.99. The standard InChI is InChI=1S/C14H15ClO/c15-13-9-6-11(7-10-13)5-8-12-3-1-2-4-14(12)16/h6-7,9-10,12,14,16H,1-4H2/t12-,14+/m1/s1. The first-order valence-corrected chi connectivity index (χ1v) is 6.09. The predicted molar refractivity (Wildman–Crippen MR) is 66.3 cm³/mol. The molecule has 1 aromatic rings. The molecule has 2 heteroatoms. The van der Waals surface area contributed by atoms with E-state index < -0.39 is 0 Å². The van der Waals surface area contributed by atoms with E-state index in [2.05, 4.69) is 11.8 Å². The molecule has 1 saturated carbocycles. The largest absolute Gasteiger partial charge is 0.392 e. The SMILES string of the molecule is O[C@H]1CCCC[C@@H]1C#Cc1ccc(Cl)cc1. The van der Waals surface area contributed by atoms with Crippen LogP contribution in [0.2, 0.25) is 5.02 Å². The molecule has 0 heterocycles. The average molecular weight is 235 g/mol. The minimum atomic E-state index is -0.242. The maximum Gasteiger partial charge on any atom is 0.0677 e. The normalized spacial score (nSPS) is 24.6. The van der Waals surface area contributed by atoms with Crippen LogP contribution in [0.1, 0.15) is 31.2 Å². The molecule has 1 aromatic carbocycles. The molecule has 2 atom stereocenters. The van der Waals surface area contributed by atoms with Crippen molar-refractivity contribution in [1.82, 2.24) is 0 Å². The highest BCUT2D eigenvalue weighted by molar-refractivity contribution is 6.30. The maximum absolute atomic E-state index is 9.77. The van der Waals surface area contributed by atoms with Crippen molar-refractivity contribution >= 4 is 11.6 Å². The van der Waals surface area contributed by atoms with Gasteiger partial charge in [0.2, 0.25) is 0 Å². The molecule has 84 valence electrons. The van der Waals surface area contributed by atoms with Gasteiger partial charge in [0.15, 0.2) is 0 Å². The van der Waals surface area contributed by atoms with Gasteiger partial charge in [0.25, 0.3) is 0 Å². The Labute approximate surface area is 101 Å². The van der Waals surface area contributed by atoms with Crippen molar-refractivity contribution in [1.29, 1.82) is 0 Å². The van der Waals surface area contributed by atoms with E-state index in [1.54, 1.807) is 0 Å². The Balaban J connectivity index is 2.05. The van der Waals surface area contributed by atoms with Crippen LogP contribution < -0.4 is 0 Å². The van der Waals surface area contributed by atoms with Crippen molar-refractivity contribution in [2.45, 2.75) is 31.8 Å². The van der Waals surface area contributed by atoms with Gasteiger partial charge in [0.05, 0.1) is 6.10 Å². The molecule has 0 saturated heterocycles. The van der Waals surface area contributed by atoms with Gasteiger partial charge in [-0.05, 0) is 37.1 Å². The Morgan fingerprint density at radius 1 is 1.12 bits per heavy atom. The highest BCUT2D eigenvalue weighted by Crippen LogP contribution is 2.23. The summed E-state index contributed by atoms with van der Waals surface area (Å²) < 4.78 is 0. The van der Waals surface area contributed by atoms with Crippen LogP contribution in [0, 0.1) is 17.8 Å². The lowest BCUT2D eigenvalue weighted by molar-refractivity contribution is 0.0970. The van der Waals surface area contributed by atoms with Gasteiger partial charge in [-0.1, -0.05) is 36.3 Å². The summed E-state index contributed by atoms with van der Waals surface area (Å²) in [5.74, 6) is 6.41. The number of hydrogen-bond acceptors (Lipinski definition) is 1. The number of aliphatic hydroxyl groups is 1. The van der Waals surface area contributed by atoms with Crippen molar-refractivity contribution in [2.75, 3.05) is 0 Å². The lowest BCUT2D eigenvalue weighted by Crippen LogP contribution is -2.22. The van der Waals surface area contributed by atoms with Gasteiger partial charge >= 0.3 is 0 Å². The summed E-state index contributed by atoms with van der Waals surface area (Å²) in [4.78, 5) is 0. The summed E-state index contributed by atoms with van der Waals surface area (Å²) in [6.07, 6.45) is 3.97. The van der Waals surface area contributed by atoms with Crippen molar-refractivity contribution in [3.05, 3.63) is 34.9 Å². The predicted octanol–water partition coefficient (Wildman–Crippen LogP) is 3.24. The van der Waals surface area contributed by atoms with Gasteiger partial charge in [-0.3, -0.25) is 0 Å². The Hall–Kier alpha value is -0.970. The van der Waals surface area contributed by atoms with Crippen LogP contribution >= 0.6 is 11.6 Å². The van der Waals surface area contributed by atoms with Crippen LogP contribution in [0.25, 0.3) is 0 Å². The summed E-state index contributed by atoms with van der Waals surface area (Å²) in [5, 5.41) is 10.5.